The molecular weight excluding hydrogens is 524 g/mol. The van der Waals surface area contributed by atoms with Crippen LogP contribution in [0.3, 0.4) is 0 Å². The van der Waals surface area contributed by atoms with Crippen molar-refractivity contribution in [2.45, 2.75) is 51.2 Å². The van der Waals surface area contributed by atoms with E-state index in [1.54, 1.807) is 6.07 Å². The molecule has 11 nitrogen and oxygen atoms in total. The Balaban J connectivity index is 1.34. The summed E-state index contributed by atoms with van der Waals surface area (Å²) in [5, 5.41) is 21.3. The summed E-state index contributed by atoms with van der Waals surface area (Å²) in [4.78, 5) is 30.6. The molecule has 0 bridgehead atoms. The second-order valence-electron chi connectivity index (χ2n) is 11.3. The summed E-state index contributed by atoms with van der Waals surface area (Å²) in [6.45, 7) is 8.39. The van der Waals surface area contributed by atoms with E-state index in [1.807, 2.05) is 69.3 Å². The number of nitrogens with one attached hydrogen (secondary N) is 3. The largest absolute Gasteiger partial charge is 0.444 e. The maximum atomic E-state index is 12.5. The van der Waals surface area contributed by atoms with E-state index in [2.05, 4.69) is 25.8 Å². The molecule has 2 aromatic carbocycles. The summed E-state index contributed by atoms with van der Waals surface area (Å²) >= 11 is 0. The molecule has 1 aliphatic heterocycles. The molecule has 1 saturated heterocycles. The molecule has 3 N–H and O–H groups in total. The van der Waals surface area contributed by atoms with Gasteiger partial charge in [-0.05, 0) is 75.9 Å². The molecular formula is C30H36N6O5. The molecule has 2 fully saturated rings. The predicted molar refractivity (Wildman–Crippen MR) is 158 cm³/mol. The Morgan fingerprint density at radius 3 is 2.37 bits per heavy atom. The third-order valence-corrected chi connectivity index (χ3v) is 7.24. The lowest BCUT2D eigenvalue weighted by atomic mass is 9.72. The first-order valence-corrected chi connectivity index (χ1v) is 13.8. The SMILES string of the molecule is CC(C)(C)OC(=O)NC1(c2ccc(Nc3nc(Nc4ccccc4N4CCOCC4)ccc3[N+](=O)[O-])cc2)CCC1. The molecule has 0 atom stereocenters. The number of hydrogen-bond acceptors (Lipinski definition) is 9. The number of pyridine rings is 1. The molecule has 1 saturated carbocycles. The topological polar surface area (TPSA) is 131 Å². The van der Waals surface area contributed by atoms with Gasteiger partial charge in [-0.25, -0.2) is 9.78 Å². The minimum absolute atomic E-state index is 0.127. The van der Waals surface area contributed by atoms with Crippen molar-refractivity contribution < 1.29 is 19.2 Å². The van der Waals surface area contributed by atoms with Crippen LogP contribution in [0.15, 0.2) is 60.7 Å². The van der Waals surface area contributed by atoms with Gasteiger partial charge in [0.05, 0.1) is 35.1 Å². The lowest BCUT2D eigenvalue weighted by Gasteiger charge is -2.43. The molecule has 0 radical (unpaired) electrons. The number of hydrogen-bond donors (Lipinski definition) is 3. The van der Waals surface area contributed by atoms with Crippen molar-refractivity contribution in [3.05, 3.63) is 76.3 Å². The first-order valence-electron chi connectivity index (χ1n) is 13.8. The maximum Gasteiger partial charge on any atom is 0.408 e. The Labute approximate surface area is 239 Å². The molecule has 41 heavy (non-hydrogen) atoms. The second kappa shape index (κ2) is 11.6. The predicted octanol–water partition coefficient (Wildman–Crippen LogP) is 6.22. The number of carbonyl (C=O) groups excluding carboxylic acids is 1. The monoisotopic (exact) mass is 560 g/mol. The van der Waals surface area contributed by atoms with Gasteiger partial charge in [-0.15, -0.1) is 0 Å². The Hall–Kier alpha value is -4.38. The third kappa shape index (κ3) is 6.68. The van der Waals surface area contributed by atoms with Gasteiger partial charge < -0.3 is 30.3 Å². The van der Waals surface area contributed by atoms with Crippen molar-refractivity contribution in [2.24, 2.45) is 0 Å². The fraction of sp³-hybridized carbons (Fsp3) is 0.400. The Kier molecular flexibility index (Phi) is 7.98. The van der Waals surface area contributed by atoms with E-state index >= 15 is 0 Å². The number of nitro groups is 1. The van der Waals surface area contributed by atoms with E-state index in [0.29, 0.717) is 24.7 Å². The van der Waals surface area contributed by atoms with E-state index in [1.165, 1.54) is 6.07 Å². The molecule has 2 heterocycles. The highest BCUT2D eigenvalue weighted by Gasteiger charge is 2.41. The first kappa shape index (κ1) is 28.2. The number of benzene rings is 2. The van der Waals surface area contributed by atoms with Gasteiger partial charge in [0.2, 0.25) is 5.82 Å². The summed E-state index contributed by atoms with van der Waals surface area (Å²) in [5.41, 5.74) is 2.27. The number of para-hydroxylation sites is 2. The minimum Gasteiger partial charge on any atom is -0.444 e. The summed E-state index contributed by atoms with van der Waals surface area (Å²) < 4.78 is 11.0. The Morgan fingerprint density at radius 1 is 1.02 bits per heavy atom. The number of carbonyl (C=O) groups is 1. The third-order valence-electron chi connectivity index (χ3n) is 7.24. The standard InChI is InChI=1S/C30H36N6O5/c1-29(2,3)41-28(37)34-30(15-6-16-30)21-9-11-22(12-10-21)31-27-25(36(38)39)13-14-26(33-27)32-23-7-4-5-8-24(23)35-17-19-40-20-18-35/h4-5,7-14H,6,15-20H2,1-3H3,(H,34,37)(H2,31,32,33). The van der Waals surface area contributed by atoms with Gasteiger partial charge in [0.15, 0.2) is 0 Å². The minimum atomic E-state index is -0.585. The number of rotatable bonds is 8. The van der Waals surface area contributed by atoms with Crippen molar-refractivity contribution in [1.82, 2.24) is 10.3 Å². The van der Waals surface area contributed by atoms with Crippen LogP contribution in [-0.2, 0) is 15.0 Å². The van der Waals surface area contributed by atoms with Crippen LogP contribution in [0, 0.1) is 10.1 Å². The van der Waals surface area contributed by atoms with Crippen molar-refractivity contribution in [3.8, 4) is 0 Å². The zero-order valence-electron chi connectivity index (χ0n) is 23.6. The molecule has 0 spiro atoms. The van der Waals surface area contributed by atoms with Crippen LogP contribution in [0.25, 0.3) is 0 Å². The van der Waals surface area contributed by atoms with Crippen molar-refractivity contribution in [3.63, 3.8) is 0 Å². The highest BCUT2D eigenvalue weighted by molar-refractivity contribution is 5.76. The zero-order valence-corrected chi connectivity index (χ0v) is 23.6. The molecule has 5 rings (SSSR count). The maximum absolute atomic E-state index is 12.5. The van der Waals surface area contributed by atoms with E-state index < -0.39 is 22.2 Å². The van der Waals surface area contributed by atoms with E-state index in [9.17, 15) is 14.9 Å². The van der Waals surface area contributed by atoms with E-state index in [-0.39, 0.29) is 11.5 Å². The fourth-order valence-electron chi connectivity index (χ4n) is 5.08. The Morgan fingerprint density at radius 2 is 1.73 bits per heavy atom. The highest BCUT2D eigenvalue weighted by Crippen LogP contribution is 2.42. The zero-order chi connectivity index (χ0) is 29.0. The quantitative estimate of drug-likeness (QED) is 0.217. The van der Waals surface area contributed by atoms with Gasteiger partial charge >= 0.3 is 11.8 Å². The van der Waals surface area contributed by atoms with Crippen molar-refractivity contribution >= 4 is 40.5 Å². The number of aromatic nitrogens is 1. The van der Waals surface area contributed by atoms with Crippen LogP contribution in [-0.4, -0.2) is 47.9 Å². The van der Waals surface area contributed by atoms with Gasteiger partial charge in [0, 0.05) is 24.8 Å². The van der Waals surface area contributed by atoms with Crippen LogP contribution < -0.4 is 20.9 Å². The number of morpholine rings is 1. The highest BCUT2D eigenvalue weighted by atomic mass is 16.6. The van der Waals surface area contributed by atoms with Gasteiger partial charge in [-0.2, -0.15) is 0 Å². The number of amides is 1. The van der Waals surface area contributed by atoms with E-state index in [4.69, 9.17) is 9.47 Å². The van der Waals surface area contributed by atoms with Crippen molar-refractivity contribution in [1.29, 1.82) is 0 Å². The summed E-state index contributed by atoms with van der Waals surface area (Å²) in [6.07, 6.45) is 2.18. The second-order valence-corrected chi connectivity index (χ2v) is 11.3. The number of alkyl carbamates (subject to hydrolysis) is 1. The molecule has 1 amide bonds. The number of anilines is 5. The van der Waals surface area contributed by atoms with Crippen LogP contribution in [0.5, 0.6) is 0 Å². The van der Waals surface area contributed by atoms with Crippen LogP contribution >= 0.6 is 0 Å². The van der Waals surface area contributed by atoms with Crippen molar-refractivity contribution in [2.75, 3.05) is 41.8 Å². The van der Waals surface area contributed by atoms with Gasteiger partial charge in [-0.1, -0.05) is 24.3 Å². The molecule has 216 valence electrons. The van der Waals surface area contributed by atoms with Crippen LogP contribution in [0.4, 0.5) is 39.2 Å². The lowest BCUT2D eigenvalue weighted by Crippen LogP contribution is -2.52. The normalized spacial score (nSPS) is 16.3. The Bertz CT molecular complexity index is 1400. The lowest BCUT2D eigenvalue weighted by molar-refractivity contribution is -0.384. The number of nitrogens with zero attached hydrogens (tertiary/aromatic N) is 3. The average Bonchev–Trinajstić information content (AvgIpc) is 2.91. The van der Waals surface area contributed by atoms with Crippen LogP contribution in [0.1, 0.15) is 45.6 Å². The van der Waals surface area contributed by atoms with Gasteiger partial charge in [0.25, 0.3) is 0 Å². The smallest absolute Gasteiger partial charge is 0.408 e. The van der Waals surface area contributed by atoms with Gasteiger partial charge in [0.1, 0.15) is 11.4 Å². The number of ether oxygens (including phenoxy) is 2. The summed E-state index contributed by atoms with van der Waals surface area (Å²) in [6, 6.07) is 18.5. The molecule has 1 aromatic heterocycles. The molecule has 1 aliphatic carbocycles. The molecule has 0 unspecified atom stereocenters. The fourth-order valence-corrected chi connectivity index (χ4v) is 5.08. The molecule has 2 aliphatic rings. The first-order chi connectivity index (χ1) is 19.6. The van der Waals surface area contributed by atoms with E-state index in [0.717, 1.165) is 49.3 Å². The molecule has 3 aromatic rings. The van der Waals surface area contributed by atoms with Crippen LogP contribution in [0.2, 0.25) is 0 Å². The van der Waals surface area contributed by atoms with Gasteiger partial charge in [-0.3, -0.25) is 10.1 Å². The molecule has 11 heteroatoms. The summed E-state index contributed by atoms with van der Waals surface area (Å²) in [7, 11) is 0. The summed E-state index contributed by atoms with van der Waals surface area (Å²) in [5.74, 6) is 0.604. The average molecular weight is 561 g/mol.